The summed E-state index contributed by atoms with van der Waals surface area (Å²) in [5.41, 5.74) is 3.31. The van der Waals surface area contributed by atoms with Crippen LogP contribution >= 0.6 is 0 Å². The second-order valence-electron chi connectivity index (χ2n) is 12.3. The molecular formula is C32H42O6. The van der Waals surface area contributed by atoms with Crippen molar-refractivity contribution in [3.05, 3.63) is 46.5 Å². The summed E-state index contributed by atoms with van der Waals surface area (Å²) < 4.78 is 29.3. The van der Waals surface area contributed by atoms with Gasteiger partial charge in [0, 0.05) is 51.1 Å². The number of hydrogen-bond donors (Lipinski definition) is 1. The van der Waals surface area contributed by atoms with Gasteiger partial charge in [-0.15, -0.1) is 6.42 Å². The minimum absolute atomic E-state index is 0.154. The number of rotatable bonds is 5. The van der Waals surface area contributed by atoms with E-state index in [1.54, 1.807) is 21.3 Å². The van der Waals surface area contributed by atoms with Crippen molar-refractivity contribution < 1.29 is 28.8 Å². The van der Waals surface area contributed by atoms with Crippen molar-refractivity contribution in [1.82, 2.24) is 0 Å². The van der Waals surface area contributed by atoms with Crippen LogP contribution in [0.1, 0.15) is 81.6 Å². The van der Waals surface area contributed by atoms with E-state index in [4.69, 9.17) is 30.1 Å². The normalized spacial score (nSPS) is 40.4. The number of hydrogen-bond acceptors (Lipinski definition) is 6. The lowest BCUT2D eigenvalue weighted by Gasteiger charge is -2.57. The summed E-state index contributed by atoms with van der Waals surface area (Å²) in [4.78, 5) is 0. The van der Waals surface area contributed by atoms with Gasteiger partial charge < -0.3 is 28.8 Å². The number of methoxy groups -OCH3 is 3. The fourth-order valence-electron chi connectivity index (χ4n) is 9.06. The predicted octanol–water partition coefficient (Wildman–Crippen LogP) is 5.26. The number of allylic oxidation sites excluding steroid dienone is 1. The highest BCUT2D eigenvalue weighted by Gasteiger charge is 2.65. The van der Waals surface area contributed by atoms with Crippen molar-refractivity contribution in [2.45, 2.75) is 87.5 Å². The largest absolute Gasteiger partial charge is 0.385 e. The average Bonchev–Trinajstić information content (AvgIpc) is 3.58. The maximum Gasteiger partial charge on any atom is 0.184 e. The molecule has 0 bridgehead atoms. The van der Waals surface area contributed by atoms with Crippen LogP contribution in [0.15, 0.2) is 35.4 Å². The molecule has 6 nitrogen and oxygen atoms in total. The molecule has 1 aliphatic heterocycles. The van der Waals surface area contributed by atoms with Gasteiger partial charge in [-0.1, -0.05) is 42.7 Å². The Morgan fingerprint density at radius 1 is 0.947 bits per heavy atom. The zero-order valence-corrected chi connectivity index (χ0v) is 23.3. The van der Waals surface area contributed by atoms with Crippen LogP contribution in [0.3, 0.4) is 0 Å². The van der Waals surface area contributed by atoms with Crippen LogP contribution < -0.4 is 0 Å². The zero-order chi connectivity index (χ0) is 26.8. The summed E-state index contributed by atoms with van der Waals surface area (Å²) in [5.74, 6) is 3.33. The average molecular weight is 523 g/mol. The van der Waals surface area contributed by atoms with Crippen molar-refractivity contribution in [2.75, 3.05) is 34.5 Å². The molecule has 1 heterocycles. The SMILES string of the molecule is C#C[C@]1(OC)CCC2C3CC[C@@]4(O)CC(OC)(OC)CCC4=C3[C@H](c3ccc(C4OCCO4)cc3)C[C@@]21C. The Balaban J connectivity index is 1.46. The van der Waals surface area contributed by atoms with Gasteiger partial charge in [-0.05, 0) is 61.5 Å². The van der Waals surface area contributed by atoms with Gasteiger partial charge in [0.1, 0.15) is 5.60 Å². The van der Waals surface area contributed by atoms with E-state index in [1.165, 1.54) is 16.7 Å². The van der Waals surface area contributed by atoms with Gasteiger partial charge in [0.2, 0.25) is 0 Å². The lowest BCUT2D eigenvalue weighted by Crippen LogP contribution is -2.56. The van der Waals surface area contributed by atoms with Gasteiger partial charge in [-0.3, -0.25) is 0 Å². The van der Waals surface area contributed by atoms with Crippen LogP contribution in [-0.2, 0) is 23.7 Å². The van der Waals surface area contributed by atoms with Crippen molar-refractivity contribution in [3.63, 3.8) is 0 Å². The van der Waals surface area contributed by atoms with E-state index in [-0.39, 0.29) is 17.6 Å². The molecule has 2 unspecified atom stereocenters. The van der Waals surface area contributed by atoms with Gasteiger partial charge >= 0.3 is 0 Å². The molecule has 6 heteroatoms. The molecule has 4 fully saturated rings. The lowest BCUT2D eigenvalue weighted by molar-refractivity contribution is -0.246. The highest BCUT2D eigenvalue weighted by molar-refractivity contribution is 5.45. The highest BCUT2D eigenvalue weighted by atomic mass is 16.7. The van der Waals surface area contributed by atoms with E-state index < -0.39 is 17.0 Å². The predicted molar refractivity (Wildman–Crippen MR) is 143 cm³/mol. The number of terminal acetylenes is 1. The van der Waals surface area contributed by atoms with Crippen molar-refractivity contribution in [2.24, 2.45) is 17.3 Å². The fourth-order valence-corrected chi connectivity index (χ4v) is 9.06. The van der Waals surface area contributed by atoms with Gasteiger partial charge in [0.15, 0.2) is 12.1 Å². The summed E-state index contributed by atoms with van der Waals surface area (Å²) in [7, 11) is 5.16. The molecule has 1 aromatic carbocycles. The van der Waals surface area contributed by atoms with E-state index in [0.29, 0.717) is 31.5 Å². The third-order valence-electron chi connectivity index (χ3n) is 11.1. The van der Waals surface area contributed by atoms with Crippen molar-refractivity contribution >= 4 is 0 Å². The molecule has 1 N–H and O–H groups in total. The molecule has 6 atom stereocenters. The molecule has 1 aromatic rings. The first kappa shape index (κ1) is 26.5. The number of fused-ring (bicyclic) bond motifs is 4. The minimum Gasteiger partial charge on any atom is -0.385 e. The maximum atomic E-state index is 12.2. The summed E-state index contributed by atoms with van der Waals surface area (Å²) in [6.07, 6.45) is 12.4. The minimum atomic E-state index is -0.920. The third kappa shape index (κ3) is 3.70. The first-order valence-electron chi connectivity index (χ1n) is 14.2. The van der Waals surface area contributed by atoms with E-state index in [1.807, 2.05) is 0 Å². The number of ether oxygens (including phenoxy) is 5. The summed E-state index contributed by atoms with van der Waals surface area (Å²) >= 11 is 0. The van der Waals surface area contributed by atoms with Crippen LogP contribution in [0, 0.1) is 29.6 Å². The molecule has 206 valence electrons. The van der Waals surface area contributed by atoms with Crippen LogP contribution in [-0.4, -0.2) is 56.6 Å². The molecule has 0 amide bonds. The Hall–Kier alpha value is -1.72. The molecule has 38 heavy (non-hydrogen) atoms. The second-order valence-corrected chi connectivity index (χ2v) is 12.3. The molecular weight excluding hydrogens is 480 g/mol. The quantitative estimate of drug-likeness (QED) is 0.323. The van der Waals surface area contributed by atoms with Gasteiger partial charge in [-0.25, -0.2) is 0 Å². The maximum absolute atomic E-state index is 12.2. The summed E-state index contributed by atoms with van der Waals surface area (Å²) in [6, 6.07) is 8.72. The van der Waals surface area contributed by atoms with Gasteiger partial charge in [-0.2, -0.15) is 0 Å². The molecule has 6 rings (SSSR count). The van der Waals surface area contributed by atoms with E-state index in [9.17, 15) is 5.11 Å². The van der Waals surface area contributed by atoms with Gasteiger partial charge in [0.05, 0.1) is 18.8 Å². The van der Waals surface area contributed by atoms with Crippen LogP contribution in [0.5, 0.6) is 0 Å². The Kier molecular flexibility index (Phi) is 6.58. The molecule has 0 aromatic heterocycles. The Labute approximate surface area is 227 Å². The van der Waals surface area contributed by atoms with E-state index >= 15 is 0 Å². The Bertz CT molecular complexity index is 1130. The number of aliphatic hydroxyl groups is 1. The fraction of sp³-hybridized carbons (Fsp3) is 0.688. The molecule has 4 aliphatic carbocycles. The van der Waals surface area contributed by atoms with E-state index in [2.05, 4.69) is 37.1 Å². The standard InChI is InChI=1S/C32H42O6/c1-6-31(34-3)15-12-25-23-11-14-30(33)20-32(35-4,36-5)16-13-26(30)27(23)24(19-29(25,31)2)21-7-9-22(10-8-21)28-37-17-18-38-28/h1,7-10,23-25,28,33H,11-20H2,2-5H3/t23?,24-,25?,29-,30+,31-/m0/s1. The molecule has 5 aliphatic rings. The first-order valence-corrected chi connectivity index (χ1v) is 14.2. The van der Waals surface area contributed by atoms with Crippen LogP contribution in [0.2, 0.25) is 0 Å². The molecule has 0 spiro atoms. The van der Waals surface area contributed by atoms with E-state index in [0.717, 1.165) is 50.5 Å². The number of benzene rings is 1. The van der Waals surface area contributed by atoms with Crippen molar-refractivity contribution in [3.8, 4) is 12.3 Å². The summed E-state index contributed by atoms with van der Waals surface area (Å²) in [6.45, 7) is 3.61. The Morgan fingerprint density at radius 2 is 1.63 bits per heavy atom. The Morgan fingerprint density at radius 3 is 2.26 bits per heavy atom. The summed E-state index contributed by atoms with van der Waals surface area (Å²) in [5, 5.41) is 12.2. The van der Waals surface area contributed by atoms with Crippen LogP contribution in [0.4, 0.5) is 0 Å². The highest BCUT2D eigenvalue weighted by Crippen LogP contribution is 2.68. The van der Waals surface area contributed by atoms with Crippen molar-refractivity contribution in [1.29, 1.82) is 0 Å². The second kappa shape index (κ2) is 9.44. The van der Waals surface area contributed by atoms with Crippen LogP contribution in [0.25, 0.3) is 0 Å². The zero-order valence-electron chi connectivity index (χ0n) is 23.3. The first-order chi connectivity index (χ1) is 18.3. The lowest BCUT2D eigenvalue weighted by atomic mass is 9.49. The smallest absolute Gasteiger partial charge is 0.184 e. The molecule has 0 radical (unpaired) electrons. The molecule has 1 saturated heterocycles. The topological polar surface area (TPSA) is 66.4 Å². The van der Waals surface area contributed by atoms with Gasteiger partial charge in [0.25, 0.3) is 0 Å². The molecule has 3 saturated carbocycles. The monoisotopic (exact) mass is 522 g/mol. The third-order valence-corrected chi connectivity index (χ3v) is 11.1.